The van der Waals surface area contributed by atoms with Gasteiger partial charge < -0.3 is 4.74 Å². The summed E-state index contributed by atoms with van der Waals surface area (Å²) in [7, 11) is -2.58. The highest BCUT2D eigenvalue weighted by atomic mass is 32.2. The minimum atomic E-state index is -3.87. The van der Waals surface area contributed by atoms with Gasteiger partial charge in [0.15, 0.2) is 0 Å². The lowest BCUT2D eigenvalue weighted by Crippen LogP contribution is -2.13. The van der Waals surface area contributed by atoms with Gasteiger partial charge in [-0.15, -0.1) is 0 Å². The van der Waals surface area contributed by atoms with Crippen LogP contribution in [0.15, 0.2) is 96.0 Å². The van der Waals surface area contributed by atoms with Crippen LogP contribution in [0, 0.1) is 0 Å². The zero-order valence-corrected chi connectivity index (χ0v) is 17.4. The van der Waals surface area contributed by atoms with Gasteiger partial charge in [-0.25, -0.2) is 17.9 Å². The number of carbonyl (C=O) groups is 1. The number of esters is 1. The van der Waals surface area contributed by atoms with Gasteiger partial charge in [-0.05, 0) is 30.3 Å². The first-order chi connectivity index (χ1) is 15.0. The van der Waals surface area contributed by atoms with Crippen LogP contribution in [0.4, 0.5) is 5.69 Å². The van der Waals surface area contributed by atoms with Crippen LogP contribution in [0.2, 0.25) is 0 Å². The number of para-hydroxylation sites is 1. The van der Waals surface area contributed by atoms with Crippen molar-refractivity contribution in [1.29, 1.82) is 0 Å². The molecule has 0 fully saturated rings. The molecule has 0 atom stereocenters. The van der Waals surface area contributed by atoms with Crippen molar-refractivity contribution in [1.82, 2.24) is 9.78 Å². The predicted octanol–water partition coefficient (Wildman–Crippen LogP) is 4.13. The number of hydrogen-bond acceptors (Lipinski definition) is 5. The number of carbonyl (C=O) groups excluding carboxylic acids is 1. The van der Waals surface area contributed by atoms with Crippen LogP contribution in [-0.4, -0.2) is 31.3 Å². The third kappa shape index (κ3) is 4.19. The molecule has 1 aromatic heterocycles. The Bertz CT molecular complexity index is 1320. The number of sulfonamides is 1. The second kappa shape index (κ2) is 8.45. The number of aromatic nitrogens is 2. The van der Waals surface area contributed by atoms with E-state index in [4.69, 9.17) is 4.74 Å². The van der Waals surface area contributed by atoms with E-state index >= 15 is 0 Å². The number of nitrogens with one attached hydrogen (secondary N) is 1. The first-order valence-electron chi connectivity index (χ1n) is 9.40. The Balaban J connectivity index is 1.87. The van der Waals surface area contributed by atoms with Crippen molar-refractivity contribution in [3.05, 3.63) is 96.7 Å². The van der Waals surface area contributed by atoms with Gasteiger partial charge in [0.05, 0.1) is 35.1 Å². The molecular weight excluding hydrogens is 414 g/mol. The van der Waals surface area contributed by atoms with Gasteiger partial charge in [0.1, 0.15) is 5.69 Å². The quantitative estimate of drug-likeness (QED) is 0.462. The van der Waals surface area contributed by atoms with Crippen molar-refractivity contribution in [2.75, 3.05) is 11.8 Å². The van der Waals surface area contributed by atoms with Crippen LogP contribution in [0.1, 0.15) is 10.4 Å². The lowest BCUT2D eigenvalue weighted by Gasteiger charge is -2.10. The first kappa shape index (κ1) is 20.4. The fourth-order valence-electron chi connectivity index (χ4n) is 3.14. The Morgan fingerprint density at radius 1 is 0.903 bits per heavy atom. The molecule has 3 aromatic carbocycles. The number of anilines is 1. The minimum Gasteiger partial charge on any atom is -0.465 e. The topological polar surface area (TPSA) is 90.3 Å². The van der Waals surface area contributed by atoms with Gasteiger partial charge >= 0.3 is 5.97 Å². The van der Waals surface area contributed by atoms with Crippen LogP contribution in [-0.2, 0) is 14.8 Å². The normalized spacial score (nSPS) is 11.1. The Morgan fingerprint density at radius 2 is 1.52 bits per heavy atom. The lowest BCUT2D eigenvalue weighted by atomic mass is 10.0. The molecule has 0 aliphatic carbocycles. The zero-order valence-electron chi connectivity index (χ0n) is 16.6. The lowest BCUT2D eigenvalue weighted by molar-refractivity contribution is 0.0601. The molecular formula is C23H19N3O4S. The summed E-state index contributed by atoms with van der Waals surface area (Å²) in [5, 5.41) is 4.59. The number of nitrogens with zero attached hydrogens (tertiary/aromatic N) is 2. The number of methoxy groups -OCH3 is 1. The third-order valence-corrected chi connectivity index (χ3v) is 6.00. The van der Waals surface area contributed by atoms with E-state index in [1.165, 1.54) is 19.2 Å². The van der Waals surface area contributed by atoms with Crippen molar-refractivity contribution in [2.45, 2.75) is 4.90 Å². The monoisotopic (exact) mass is 433 g/mol. The number of hydrogen-bond donors (Lipinski definition) is 1. The van der Waals surface area contributed by atoms with Crippen molar-refractivity contribution in [3.63, 3.8) is 0 Å². The average Bonchev–Trinajstić information content (AvgIpc) is 3.22. The minimum absolute atomic E-state index is 0.120. The van der Waals surface area contributed by atoms with E-state index in [1.54, 1.807) is 53.3 Å². The van der Waals surface area contributed by atoms with Crippen molar-refractivity contribution < 1.29 is 17.9 Å². The van der Waals surface area contributed by atoms with Crippen LogP contribution in [0.3, 0.4) is 0 Å². The maximum absolute atomic E-state index is 13.0. The van der Waals surface area contributed by atoms with Gasteiger partial charge in [-0.3, -0.25) is 4.72 Å². The number of rotatable bonds is 6. The summed E-state index contributed by atoms with van der Waals surface area (Å²) < 4.78 is 35.0. The largest absolute Gasteiger partial charge is 0.465 e. The fraction of sp³-hybridized carbons (Fsp3) is 0.0435. The molecule has 0 spiro atoms. The summed E-state index contributed by atoms with van der Waals surface area (Å²) in [4.78, 5) is 12.4. The molecule has 4 aromatic rings. The van der Waals surface area contributed by atoms with Gasteiger partial charge in [0.25, 0.3) is 10.0 Å². The summed E-state index contributed by atoms with van der Waals surface area (Å²) in [6.07, 6.45) is 1.58. The van der Waals surface area contributed by atoms with Crippen LogP contribution in [0.5, 0.6) is 0 Å². The Hall–Kier alpha value is -3.91. The molecule has 0 bridgehead atoms. The molecule has 31 heavy (non-hydrogen) atoms. The van der Waals surface area contributed by atoms with Gasteiger partial charge in [-0.1, -0.05) is 54.6 Å². The summed E-state index contributed by atoms with van der Waals surface area (Å²) in [5.74, 6) is -0.540. The highest BCUT2D eigenvalue weighted by Crippen LogP contribution is 2.32. The molecule has 7 nitrogen and oxygen atoms in total. The van der Waals surface area contributed by atoms with Crippen molar-refractivity contribution >= 4 is 21.7 Å². The fourth-order valence-corrected chi connectivity index (χ4v) is 4.21. The van der Waals surface area contributed by atoms with Crippen molar-refractivity contribution in [3.8, 4) is 16.9 Å². The molecule has 0 radical (unpaired) electrons. The Kier molecular flexibility index (Phi) is 5.55. The number of ether oxygens (including phenoxy) is 1. The maximum Gasteiger partial charge on any atom is 0.338 e. The molecule has 0 saturated carbocycles. The van der Waals surface area contributed by atoms with Crippen molar-refractivity contribution in [2.24, 2.45) is 0 Å². The smallest absolute Gasteiger partial charge is 0.338 e. The summed E-state index contributed by atoms with van der Waals surface area (Å²) in [6, 6.07) is 24.1. The molecule has 0 amide bonds. The molecule has 1 heterocycles. The summed E-state index contributed by atoms with van der Waals surface area (Å²) >= 11 is 0. The third-order valence-electron chi connectivity index (χ3n) is 4.62. The van der Waals surface area contributed by atoms with Crippen LogP contribution >= 0.6 is 0 Å². The second-order valence-electron chi connectivity index (χ2n) is 6.63. The molecule has 1 N–H and O–H groups in total. The van der Waals surface area contributed by atoms with E-state index < -0.39 is 16.0 Å². The standard InChI is InChI=1S/C23H19N3O4S/c1-30-23(27)20-15-9-8-14-19(20)22-21(16-26(24-22)17-10-4-2-5-11-17)25-31(28,29)18-12-6-3-7-13-18/h2-16,25H,1H3. The summed E-state index contributed by atoms with van der Waals surface area (Å²) in [6.45, 7) is 0. The van der Waals surface area contributed by atoms with E-state index in [0.29, 0.717) is 11.3 Å². The highest BCUT2D eigenvalue weighted by molar-refractivity contribution is 7.92. The van der Waals surface area contributed by atoms with E-state index in [1.807, 2.05) is 30.3 Å². The molecule has 8 heteroatoms. The number of benzene rings is 3. The maximum atomic E-state index is 13.0. The van der Waals surface area contributed by atoms with E-state index in [2.05, 4.69) is 9.82 Å². The van der Waals surface area contributed by atoms with E-state index in [0.717, 1.165) is 5.69 Å². The molecule has 0 aliphatic heterocycles. The SMILES string of the molecule is COC(=O)c1ccccc1-c1nn(-c2ccccc2)cc1NS(=O)(=O)c1ccccc1. The Morgan fingerprint density at radius 3 is 2.19 bits per heavy atom. The first-order valence-corrected chi connectivity index (χ1v) is 10.9. The Labute approximate surface area is 180 Å². The zero-order chi connectivity index (χ0) is 21.8. The second-order valence-corrected chi connectivity index (χ2v) is 8.31. The van der Waals surface area contributed by atoms with E-state index in [-0.39, 0.29) is 16.1 Å². The molecule has 0 saturated heterocycles. The molecule has 0 aliphatic rings. The van der Waals surface area contributed by atoms with Crippen LogP contribution < -0.4 is 4.72 Å². The highest BCUT2D eigenvalue weighted by Gasteiger charge is 2.23. The van der Waals surface area contributed by atoms with E-state index in [9.17, 15) is 13.2 Å². The molecule has 0 unspecified atom stereocenters. The summed E-state index contributed by atoms with van der Waals surface area (Å²) in [5.41, 5.74) is 2.02. The average molecular weight is 433 g/mol. The van der Waals surface area contributed by atoms with Gasteiger partial charge in [0.2, 0.25) is 0 Å². The molecule has 4 rings (SSSR count). The predicted molar refractivity (Wildman–Crippen MR) is 118 cm³/mol. The van der Waals surface area contributed by atoms with Gasteiger partial charge in [-0.2, -0.15) is 5.10 Å². The van der Waals surface area contributed by atoms with Gasteiger partial charge in [0, 0.05) is 5.56 Å². The molecule has 156 valence electrons. The van der Waals surface area contributed by atoms with Crippen LogP contribution in [0.25, 0.3) is 16.9 Å².